The largest absolute Gasteiger partial charge is 0.388 e. The minimum atomic E-state index is -1.16. The number of imidazole rings is 1. The second kappa shape index (κ2) is 8.48. The lowest BCUT2D eigenvalue weighted by Gasteiger charge is -2.47. The van der Waals surface area contributed by atoms with E-state index < -0.39 is 24.0 Å². The molecule has 2 aromatic heterocycles. The van der Waals surface area contributed by atoms with E-state index in [4.69, 9.17) is 10.5 Å². The van der Waals surface area contributed by atoms with Gasteiger partial charge in [-0.05, 0) is 42.9 Å². The molecule has 0 radical (unpaired) electrons. The zero-order valence-electron chi connectivity index (χ0n) is 20.4. The van der Waals surface area contributed by atoms with Crippen molar-refractivity contribution in [2.24, 2.45) is 10.8 Å². The predicted octanol–water partition coefficient (Wildman–Crippen LogP) is 1.51. The Bertz CT molecular complexity index is 1150. The number of carbonyl (C=O) groups is 1. The van der Waals surface area contributed by atoms with Crippen LogP contribution in [0, 0.1) is 22.7 Å². The first kappa shape index (κ1) is 24.4. The molecule has 3 atom stereocenters. The van der Waals surface area contributed by atoms with E-state index in [1.54, 1.807) is 4.57 Å². The number of aliphatic hydroxyl groups excluding tert-OH is 1. The molecule has 0 spiro atoms. The van der Waals surface area contributed by atoms with E-state index in [-0.39, 0.29) is 34.8 Å². The highest BCUT2D eigenvalue weighted by Gasteiger charge is 2.45. The maximum Gasteiger partial charge on any atom is 0.249 e. The standard InChI is InChI=1S/C24H34N6O4/c1-6-26-20(32)15-9-14(31)21(34-15)30-13-27-17-18(25)28-16(29-19(17)30)7-8-24(33)11-22(2,3)10-23(4,5)12-24/h13-15,21,31,33H,6,9-12H2,1-5H3,(H,26,32)(H2,25,28,29)/t14?,15-,21+/m0/s1. The summed E-state index contributed by atoms with van der Waals surface area (Å²) >= 11 is 0. The van der Waals surface area contributed by atoms with E-state index in [0.717, 1.165) is 6.42 Å². The molecule has 2 aromatic rings. The highest BCUT2D eigenvalue weighted by Crippen LogP contribution is 2.49. The van der Waals surface area contributed by atoms with E-state index in [1.807, 2.05) is 6.92 Å². The van der Waals surface area contributed by atoms with Gasteiger partial charge in [-0.2, -0.15) is 0 Å². The van der Waals surface area contributed by atoms with Crippen molar-refractivity contribution in [1.82, 2.24) is 24.8 Å². The number of nitrogen functional groups attached to an aromatic ring is 1. The van der Waals surface area contributed by atoms with Crippen molar-refractivity contribution in [2.45, 2.75) is 84.3 Å². The van der Waals surface area contributed by atoms with Gasteiger partial charge >= 0.3 is 0 Å². The van der Waals surface area contributed by atoms with Gasteiger partial charge in [-0.1, -0.05) is 33.6 Å². The van der Waals surface area contributed by atoms with E-state index in [2.05, 4.69) is 59.8 Å². The van der Waals surface area contributed by atoms with Crippen LogP contribution in [-0.4, -0.2) is 60.0 Å². The van der Waals surface area contributed by atoms with Crippen LogP contribution in [-0.2, 0) is 9.53 Å². The third kappa shape index (κ3) is 4.87. The third-order valence-corrected chi connectivity index (χ3v) is 6.36. The van der Waals surface area contributed by atoms with Gasteiger partial charge in [-0.3, -0.25) is 9.36 Å². The Morgan fingerprint density at radius 3 is 2.59 bits per heavy atom. The van der Waals surface area contributed by atoms with Crippen molar-refractivity contribution in [3.63, 3.8) is 0 Å². The lowest BCUT2D eigenvalue weighted by atomic mass is 9.60. The van der Waals surface area contributed by atoms with Crippen molar-refractivity contribution in [1.29, 1.82) is 0 Å². The topological polar surface area (TPSA) is 148 Å². The number of amides is 1. The first-order valence-corrected chi connectivity index (χ1v) is 11.7. The summed E-state index contributed by atoms with van der Waals surface area (Å²) in [5.74, 6) is 5.93. The van der Waals surface area contributed by atoms with Crippen LogP contribution in [0.1, 0.15) is 72.4 Å². The second-order valence-corrected chi connectivity index (χ2v) is 11.1. The van der Waals surface area contributed by atoms with Gasteiger partial charge in [-0.25, -0.2) is 15.0 Å². The van der Waals surface area contributed by atoms with Gasteiger partial charge in [-0.15, -0.1) is 0 Å². The third-order valence-electron chi connectivity index (χ3n) is 6.36. The van der Waals surface area contributed by atoms with Gasteiger partial charge in [0.15, 0.2) is 17.7 Å². The van der Waals surface area contributed by atoms with Gasteiger partial charge in [0, 0.05) is 13.0 Å². The predicted molar refractivity (Wildman–Crippen MR) is 126 cm³/mol. The molecule has 3 heterocycles. The molecule has 4 rings (SSSR count). The van der Waals surface area contributed by atoms with Crippen LogP contribution >= 0.6 is 0 Å². The first-order valence-electron chi connectivity index (χ1n) is 11.7. The van der Waals surface area contributed by atoms with Crippen LogP contribution in [0.15, 0.2) is 6.33 Å². The van der Waals surface area contributed by atoms with Gasteiger partial charge in [0.2, 0.25) is 11.7 Å². The molecule has 1 aliphatic heterocycles. The average Bonchev–Trinajstić information content (AvgIpc) is 3.27. The summed E-state index contributed by atoms with van der Waals surface area (Å²) in [4.78, 5) is 25.2. The molecule has 1 aliphatic carbocycles. The van der Waals surface area contributed by atoms with Gasteiger partial charge in [0.05, 0.1) is 6.33 Å². The molecule has 0 aromatic carbocycles. The molecule has 1 amide bonds. The molecule has 1 unspecified atom stereocenters. The van der Waals surface area contributed by atoms with Crippen LogP contribution in [0.2, 0.25) is 0 Å². The minimum absolute atomic E-state index is 0.0514. The number of carbonyl (C=O) groups excluding carboxylic acids is 1. The Kier molecular flexibility index (Phi) is 6.09. The summed E-state index contributed by atoms with van der Waals surface area (Å²) in [5, 5.41) is 24.5. The van der Waals surface area contributed by atoms with Crippen LogP contribution < -0.4 is 11.1 Å². The van der Waals surface area contributed by atoms with Gasteiger partial charge in [0.1, 0.15) is 23.3 Å². The molecular weight excluding hydrogens is 436 g/mol. The molecule has 34 heavy (non-hydrogen) atoms. The summed E-state index contributed by atoms with van der Waals surface area (Å²) in [6.45, 7) is 10.8. The normalized spacial score (nSPS) is 27.2. The average molecular weight is 471 g/mol. The zero-order valence-corrected chi connectivity index (χ0v) is 20.4. The summed E-state index contributed by atoms with van der Waals surface area (Å²) in [5.41, 5.74) is 5.55. The number of ether oxygens (including phenoxy) is 1. The molecule has 5 N–H and O–H groups in total. The van der Waals surface area contributed by atoms with Crippen molar-refractivity contribution >= 4 is 22.9 Å². The molecule has 0 bridgehead atoms. The first-order chi connectivity index (χ1) is 15.8. The second-order valence-electron chi connectivity index (χ2n) is 11.1. The van der Waals surface area contributed by atoms with Crippen LogP contribution in [0.25, 0.3) is 11.2 Å². The lowest BCUT2D eigenvalue weighted by molar-refractivity contribution is -0.134. The minimum Gasteiger partial charge on any atom is -0.388 e. The fourth-order valence-electron chi connectivity index (χ4n) is 5.87. The fourth-order valence-corrected chi connectivity index (χ4v) is 5.87. The molecule has 10 nitrogen and oxygen atoms in total. The Labute approximate surface area is 199 Å². The highest BCUT2D eigenvalue weighted by molar-refractivity contribution is 5.82. The SMILES string of the molecule is CCNC(=O)[C@@H]1CC(O)[C@H](n2cnc3c(N)nc(C#CC4(O)CC(C)(C)CC(C)(C)C4)nc32)O1. The summed E-state index contributed by atoms with van der Waals surface area (Å²) < 4.78 is 7.37. The number of aliphatic hydroxyl groups is 2. The van der Waals surface area contributed by atoms with Crippen molar-refractivity contribution in [3.8, 4) is 11.8 Å². The fraction of sp³-hybridized carbons (Fsp3) is 0.667. The van der Waals surface area contributed by atoms with Crippen LogP contribution in [0.3, 0.4) is 0 Å². The monoisotopic (exact) mass is 470 g/mol. The van der Waals surface area contributed by atoms with Crippen molar-refractivity contribution < 1.29 is 19.7 Å². The molecule has 10 heteroatoms. The molecule has 2 fully saturated rings. The van der Waals surface area contributed by atoms with Crippen molar-refractivity contribution in [2.75, 3.05) is 12.3 Å². The number of anilines is 1. The Morgan fingerprint density at radius 2 is 1.94 bits per heavy atom. The number of rotatable bonds is 3. The molecule has 2 aliphatic rings. The van der Waals surface area contributed by atoms with Gasteiger partial charge < -0.3 is 26.0 Å². The maximum absolute atomic E-state index is 12.2. The Balaban J connectivity index is 1.65. The van der Waals surface area contributed by atoms with E-state index in [0.29, 0.717) is 30.6 Å². The van der Waals surface area contributed by atoms with Crippen LogP contribution in [0.5, 0.6) is 0 Å². The number of hydrogen-bond donors (Lipinski definition) is 4. The molecule has 184 valence electrons. The summed E-state index contributed by atoms with van der Waals surface area (Å²) in [7, 11) is 0. The van der Waals surface area contributed by atoms with Crippen molar-refractivity contribution in [3.05, 3.63) is 12.2 Å². The lowest BCUT2D eigenvalue weighted by Crippen LogP contribution is -2.45. The molecule has 1 saturated carbocycles. The number of nitrogens with one attached hydrogen (secondary N) is 1. The van der Waals surface area contributed by atoms with E-state index >= 15 is 0 Å². The van der Waals surface area contributed by atoms with E-state index in [1.165, 1.54) is 6.33 Å². The van der Waals surface area contributed by atoms with E-state index in [9.17, 15) is 15.0 Å². The number of nitrogens with zero attached hydrogens (tertiary/aromatic N) is 4. The smallest absolute Gasteiger partial charge is 0.249 e. The number of nitrogens with two attached hydrogens (primary N) is 1. The number of aromatic nitrogens is 4. The highest BCUT2D eigenvalue weighted by atomic mass is 16.5. The number of fused-ring (bicyclic) bond motifs is 1. The maximum atomic E-state index is 12.2. The Hall–Kier alpha value is -2.74. The summed E-state index contributed by atoms with van der Waals surface area (Å²) in [6, 6.07) is 0. The van der Waals surface area contributed by atoms with Crippen LogP contribution in [0.4, 0.5) is 5.82 Å². The quantitative estimate of drug-likeness (QED) is 0.493. The summed E-state index contributed by atoms with van der Waals surface area (Å²) in [6.07, 6.45) is 1.16. The Morgan fingerprint density at radius 1 is 1.26 bits per heavy atom. The zero-order chi connectivity index (χ0) is 24.9. The number of likely N-dealkylation sites (N-methyl/N-ethyl adjacent to an activating group) is 1. The molecule has 1 saturated heterocycles. The van der Waals surface area contributed by atoms with Gasteiger partial charge in [0.25, 0.3) is 0 Å². The molecular formula is C24H34N6O4. The number of hydrogen-bond acceptors (Lipinski definition) is 8.